The van der Waals surface area contributed by atoms with Crippen LogP contribution in [0.25, 0.3) is 5.57 Å². The van der Waals surface area contributed by atoms with E-state index in [1.165, 1.54) is 14.2 Å². The highest BCUT2D eigenvalue weighted by Gasteiger charge is 2.40. The molecule has 2 aliphatic rings. The van der Waals surface area contributed by atoms with Gasteiger partial charge in [-0.05, 0) is 24.6 Å². The van der Waals surface area contributed by atoms with Crippen molar-refractivity contribution in [3.8, 4) is 23.0 Å². The molecule has 0 spiro atoms. The fraction of sp³-hybridized carbons (Fsp3) is 0.154. The summed E-state index contributed by atoms with van der Waals surface area (Å²) in [7, 11) is 3.02. The average Bonchev–Trinajstić information content (AvgIpc) is 3.41. The summed E-state index contributed by atoms with van der Waals surface area (Å²) in [6.45, 7) is 2.10. The van der Waals surface area contributed by atoms with E-state index in [-0.39, 0.29) is 18.1 Å². The van der Waals surface area contributed by atoms with E-state index in [1.807, 2.05) is 31.2 Å². The summed E-state index contributed by atoms with van der Waals surface area (Å²) in [6, 6.07) is 17.6. The maximum absolute atomic E-state index is 13.7. The van der Waals surface area contributed by atoms with E-state index in [2.05, 4.69) is 5.32 Å². The SMILES string of the molecule is COc1cc(OC)cc(N2C(=O)C(Nc3ccc4c(c3)OCO4)=C(c3ccc(C)cc3)C2=O)c1. The zero-order valence-corrected chi connectivity index (χ0v) is 18.9. The minimum Gasteiger partial charge on any atom is -0.497 e. The average molecular weight is 458 g/mol. The minimum absolute atomic E-state index is 0.138. The lowest BCUT2D eigenvalue weighted by molar-refractivity contribution is -0.120. The molecule has 3 aromatic carbocycles. The molecule has 0 aliphatic carbocycles. The number of nitrogens with one attached hydrogen (secondary N) is 1. The van der Waals surface area contributed by atoms with Crippen LogP contribution in [0.2, 0.25) is 0 Å². The van der Waals surface area contributed by atoms with E-state index in [0.717, 1.165) is 10.5 Å². The molecule has 0 atom stereocenters. The Hall–Kier alpha value is -4.46. The van der Waals surface area contributed by atoms with Crippen molar-refractivity contribution in [2.45, 2.75) is 6.92 Å². The summed E-state index contributed by atoms with van der Waals surface area (Å²) in [6.07, 6.45) is 0. The van der Waals surface area contributed by atoms with Gasteiger partial charge in [-0.3, -0.25) is 9.59 Å². The first kappa shape index (κ1) is 21.4. The van der Waals surface area contributed by atoms with Crippen LogP contribution in [0.15, 0.2) is 66.4 Å². The second-order valence-electron chi connectivity index (χ2n) is 7.83. The van der Waals surface area contributed by atoms with Crippen molar-refractivity contribution in [1.29, 1.82) is 0 Å². The highest BCUT2D eigenvalue weighted by Crippen LogP contribution is 2.39. The molecule has 172 valence electrons. The topological polar surface area (TPSA) is 86.3 Å². The third-order valence-corrected chi connectivity index (χ3v) is 5.66. The Balaban J connectivity index is 1.60. The zero-order valence-electron chi connectivity index (χ0n) is 18.9. The number of imide groups is 1. The van der Waals surface area contributed by atoms with E-state index in [9.17, 15) is 9.59 Å². The number of benzene rings is 3. The van der Waals surface area contributed by atoms with E-state index < -0.39 is 11.8 Å². The van der Waals surface area contributed by atoms with Crippen LogP contribution >= 0.6 is 0 Å². The Bertz CT molecular complexity index is 1310. The molecule has 2 aliphatic heterocycles. The maximum atomic E-state index is 13.7. The number of hydrogen-bond acceptors (Lipinski definition) is 7. The van der Waals surface area contributed by atoms with Gasteiger partial charge >= 0.3 is 0 Å². The monoisotopic (exact) mass is 458 g/mol. The van der Waals surface area contributed by atoms with Gasteiger partial charge in [-0.15, -0.1) is 0 Å². The molecule has 5 rings (SSSR count). The molecule has 2 amide bonds. The number of fused-ring (bicyclic) bond motifs is 1. The predicted octanol–water partition coefficient (Wildman–Crippen LogP) is 4.14. The number of nitrogens with zero attached hydrogens (tertiary/aromatic N) is 1. The van der Waals surface area contributed by atoms with Crippen molar-refractivity contribution >= 4 is 28.8 Å². The van der Waals surface area contributed by atoms with Crippen LogP contribution in [0.5, 0.6) is 23.0 Å². The summed E-state index contributed by atoms with van der Waals surface area (Å²) in [5.41, 5.74) is 3.04. The third-order valence-electron chi connectivity index (χ3n) is 5.66. The molecule has 8 heteroatoms. The normalized spacial score (nSPS) is 14.6. The molecule has 8 nitrogen and oxygen atoms in total. The number of carbonyl (C=O) groups is 2. The Morgan fingerprint density at radius 1 is 0.824 bits per heavy atom. The second kappa shape index (κ2) is 8.47. The van der Waals surface area contributed by atoms with Gasteiger partial charge in [-0.1, -0.05) is 29.8 Å². The molecule has 0 saturated carbocycles. The number of ether oxygens (including phenoxy) is 4. The van der Waals surface area contributed by atoms with Gasteiger partial charge in [0.15, 0.2) is 11.5 Å². The molecular formula is C26H22N2O6. The van der Waals surface area contributed by atoms with Crippen LogP contribution in [0, 0.1) is 6.92 Å². The van der Waals surface area contributed by atoms with Gasteiger partial charge < -0.3 is 24.3 Å². The van der Waals surface area contributed by atoms with Crippen LogP contribution in [0.1, 0.15) is 11.1 Å². The molecule has 0 saturated heterocycles. The molecule has 0 unspecified atom stereocenters. The number of hydrogen-bond donors (Lipinski definition) is 1. The van der Waals surface area contributed by atoms with E-state index in [0.29, 0.717) is 39.9 Å². The smallest absolute Gasteiger partial charge is 0.282 e. The van der Waals surface area contributed by atoms with Gasteiger partial charge in [0.25, 0.3) is 11.8 Å². The standard InChI is InChI=1S/C26H22N2O6/c1-15-4-6-16(7-5-15)23-24(27-17-8-9-21-22(10-17)34-14-33-21)26(30)28(25(23)29)18-11-19(31-2)13-20(12-18)32-3/h4-13,27H,14H2,1-3H3. The number of methoxy groups -OCH3 is 2. The molecule has 0 aromatic heterocycles. The van der Waals surface area contributed by atoms with Crippen molar-refractivity contribution in [2.75, 3.05) is 31.2 Å². The number of carbonyl (C=O) groups excluding carboxylic acids is 2. The Kier molecular flexibility index (Phi) is 5.33. The van der Waals surface area contributed by atoms with Gasteiger partial charge in [0.2, 0.25) is 6.79 Å². The third kappa shape index (κ3) is 3.69. The lowest BCUT2D eigenvalue weighted by Crippen LogP contribution is -2.32. The van der Waals surface area contributed by atoms with Crippen molar-refractivity contribution in [3.63, 3.8) is 0 Å². The molecule has 3 aromatic rings. The Labute approximate surface area is 196 Å². The van der Waals surface area contributed by atoms with Crippen molar-refractivity contribution in [2.24, 2.45) is 0 Å². The van der Waals surface area contributed by atoms with Gasteiger partial charge in [-0.25, -0.2) is 4.90 Å². The largest absolute Gasteiger partial charge is 0.497 e. The van der Waals surface area contributed by atoms with Crippen LogP contribution < -0.4 is 29.2 Å². The molecule has 0 radical (unpaired) electrons. The molecular weight excluding hydrogens is 436 g/mol. The first-order valence-corrected chi connectivity index (χ1v) is 10.6. The van der Waals surface area contributed by atoms with Gasteiger partial charge in [0.05, 0.1) is 25.5 Å². The molecule has 34 heavy (non-hydrogen) atoms. The lowest BCUT2D eigenvalue weighted by atomic mass is 10.0. The molecule has 0 bridgehead atoms. The number of rotatable bonds is 6. The maximum Gasteiger partial charge on any atom is 0.282 e. The van der Waals surface area contributed by atoms with Crippen LogP contribution in [0.4, 0.5) is 11.4 Å². The summed E-state index contributed by atoms with van der Waals surface area (Å²) in [5.74, 6) is 1.17. The van der Waals surface area contributed by atoms with Crippen molar-refractivity contribution < 1.29 is 28.5 Å². The van der Waals surface area contributed by atoms with Crippen molar-refractivity contribution in [3.05, 3.63) is 77.5 Å². The quantitative estimate of drug-likeness (QED) is 0.556. The first-order chi connectivity index (χ1) is 16.5. The lowest BCUT2D eigenvalue weighted by Gasteiger charge is -2.17. The van der Waals surface area contributed by atoms with Crippen LogP contribution in [0.3, 0.4) is 0 Å². The summed E-state index contributed by atoms with van der Waals surface area (Å²) in [5, 5.41) is 3.14. The zero-order chi connectivity index (χ0) is 23.8. The summed E-state index contributed by atoms with van der Waals surface area (Å²) in [4.78, 5) is 28.4. The van der Waals surface area contributed by atoms with Crippen LogP contribution in [-0.4, -0.2) is 32.8 Å². The number of amides is 2. The number of anilines is 2. The predicted molar refractivity (Wildman–Crippen MR) is 126 cm³/mol. The second-order valence-corrected chi connectivity index (χ2v) is 7.83. The van der Waals surface area contributed by atoms with E-state index in [4.69, 9.17) is 18.9 Å². The molecule has 2 heterocycles. The fourth-order valence-corrected chi connectivity index (χ4v) is 3.91. The highest BCUT2D eigenvalue weighted by molar-refractivity contribution is 6.46. The van der Waals surface area contributed by atoms with Gasteiger partial charge in [-0.2, -0.15) is 0 Å². The van der Waals surface area contributed by atoms with E-state index >= 15 is 0 Å². The van der Waals surface area contributed by atoms with Crippen molar-refractivity contribution in [1.82, 2.24) is 0 Å². The van der Waals surface area contributed by atoms with E-state index in [1.54, 1.807) is 36.4 Å². The van der Waals surface area contributed by atoms with Gasteiger partial charge in [0.1, 0.15) is 17.2 Å². The number of aryl methyl sites for hydroxylation is 1. The first-order valence-electron chi connectivity index (χ1n) is 10.6. The van der Waals surface area contributed by atoms with Gasteiger partial charge in [0, 0.05) is 30.0 Å². The summed E-state index contributed by atoms with van der Waals surface area (Å²) >= 11 is 0. The van der Waals surface area contributed by atoms with Crippen LogP contribution in [-0.2, 0) is 9.59 Å². The molecule has 0 fully saturated rings. The fourth-order valence-electron chi connectivity index (χ4n) is 3.91. The summed E-state index contributed by atoms with van der Waals surface area (Å²) < 4.78 is 21.5. The molecule has 1 N–H and O–H groups in total. The Morgan fingerprint density at radius 3 is 2.18 bits per heavy atom. The minimum atomic E-state index is -0.492. The Morgan fingerprint density at radius 2 is 1.50 bits per heavy atom. The highest BCUT2D eigenvalue weighted by atomic mass is 16.7.